The Bertz CT molecular complexity index is 671. The standard InChI is InChI=1S/C6H4N2O4.C2H6N4O.C2H3N3O/c9-7(10)5-2-1-3-6(4-5)8(11)12;3-1(4)6-2(5)7;6-5-2-1-3-4-5/h1-4H;(H6,3,4,5,6,7);1-2,5H. The van der Waals surface area contributed by atoms with Crippen molar-refractivity contribution < 1.29 is 19.8 Å². The third-order valence-electron chi connectivity index (χ3n) is 1.93. The summed E-state index contributed by atoms with van der Waals surface area (Å²) in [4.78, 5) is 31.5. The van der Waals surface area contributed by atoms with E-state index in [1.54, 1.807) is 0 Å². The zero-order valence-corrected chi connectivity index (χ0v) is 12.4. The second kappa shape index (κ2) is 10.7. The topological polar surface area (TPSA) is 246 Å². The number of urea groups is 1. The average Bonchev–Trinajstić information content (AvgIpc) is 2.98. The van der Waals surface area contributed by atoms with Crippen LogP contribution in [0.3, 0.4) is 0 Å². The Labute approximate surface area is 139 Å². The van der Waals surface area contributed by atoms with E-state index in [9.17, 15) is 30.2 Å². The quantitative estimate of drug-likeness (QED) is 0.169. The van der Waals surface area contributed by atoms with Crippen molar-refractivity contribution in [3.05, 3.63) is 62.1 Å². The van der Waals surface area contributed by atoms with Crippen molar-refractivity contribution in [3.8, 4) is 0 Å². The fraction of sp³-hybridized carbons (Fsp3) is 0. The highest BCUT2D eigenvalue weighted by Gasteiger charge is 2.11. The third kappa shape index (κ3) is 10.4. The van der Waals surface area contributed by atoms with E-state index in [0.29, 0.717) is 0 Å². The number of hydrogen-bond donors (Lipinski definition) is 4. The van der Waals surface area contributed by atoms with E-state index >= 15 is 0 Å². The molecule has 0 bridgehead atoms. The predicted molar refractivity (Wildman–Crippen MR) is 83.5 cm³/mol. The summed E-state index contributed by atoms with van der Waals surface area (Å²) in [6, 6.07) is 3.72. The molecule has 1 aliphatic heterocycles. The lowest BCUT2D eigenvalue weighted by Crippen LogP contribution is -2.95. The lowest BCUT2D eigenvalue weighted by molar-refractivity contribution is -0.799. The molecule has 0 saturated carbocycles. The van der Waals surface area contributed by atoms with E-state index in [0.717, 1.165) is 6.07 Å². The summed E-state index contributed by atoms with van der Waals surface area (Å²) in [6.07, 6.45) is 2.67. The Morgan fingerprint density at radius 3 is 1.84 bits per heavy atom. The molecule has 134 valence electrons. The number of rotatable bonds is 2. The Kier molecular flexibility index (Phi) is 8.99. The molecule has 2 amide bonds. The number of nitrogens with zero attached hydrogens (tertiary/aromatic N) is 5. The van der Waals surface area contributed by atoms with Crippen molar-refractivity contribution in [2.45, 2.75) is 0 Å². The van der Waals surface area contributed by atoms with Crippen LogP contribution in [-0.4, -0.2) is 21.8 Å². The number of carbonyl (C=O) groups excluding carboxylic acids is 1. The van der Waals surface area contributed by atoms with Crippen LogP contribution in [0.1, 0.15) is 0 Å². The molecule has 0 aliphatic carbocycles. The number of non-ortho nitro benzene ring substituents is 2. The number of hydroxylamine groups is 1. The van der Waals surface area contributed by atoms with E-state index in [2.05, 4.69) is 21.1 Å². The van der Waals surface area contributed by atoms with Gasteiger partial charge < -0.3 is 22.4 Å². The maximum absolute atomic E-state index is 10.2. The molecular formula is C10H13N9O6. The third-order valence-corrected chi connectivity index (χ3v) is 1.93. The Morgan fingerprint density at radius 1 is 1.12 bits per heavy atom. The second-order valence-corrected chi connectivity index (χ2v) is 3.78. The summed E-state index contributed by atoms with van der Waals surface area (Å²) < 4.78 is 0. The number of amides is 2. The number of hydrogen-bond acceptors (Lipinski definition) is 8. The summed E-state index contributed by atoms with van der Waals surface area (Å²) in [5.41, 5.74) is 13.4. The highest BCUT2D eigenvalue weighted by atomic mass is 16.6. The molecule has 1 unspecified atom stereocenters. The Morgan fingerprint density at radius 2 is 1.64 bits per heavy atom. The predicted octanol–water partition coefficient (Wildman–Crippen LogP) is -0.937. The zero-order valence-electron chi connectivity index (χ0n) is 12.4. The first-order chi connectivity index (χ1) is 11.6. The first-order valence-corrected chi connectivity index (χ1v) is 6.02. The van der Waals surface area contributed by atoms with Crippen LogP contribution in [0.5, 0.6) is 0 Å². The van der Waals surface area contributed by atoms with Gasteiger partial charge in [-0.15, -0.1) is 5.11 Å². The van der Waals surface area contributed by atoms with Gasteiger partial charge in [-0.1, -0.05) is 0 Å². The highest BCUT2D eigenvalue weighted by Crippen LogP contribution is 2.18. The van der Waals surface area contributed by atoms with Crippen molar-refractivity contribution in [2.75, 3.05) is 0 Å². The summed E-state index contributed by atoms with van der Waals surface area (Å²) in [5.74, 6) is -0.312. The van der Waals surface area contributed by atoms with Gasteiger partial charge in [0, 0.05) is 17.4 Å². The van der Waals surface area contributed by atoms with Gasteiger partial charge in [0.25, 0.3) is 11.4 Å². The van der Waals surface area contributed by atoms with Crippen molar-refractivity contribution in [1.82, 2.24) is 0 Å². The summed E-state index contributed by atoms with van der Waals surface area (Å²) >= 11 is 0. The number of nitrogens with two attached hydrogens (primary N) is 3. The second-order valence-electron chi connectivity index (χ2n) is 3.78. The van der Waals surface area contributed by atoms with E-state index in [1.807, 2.05) is 0 Å². The van der Waals surface area contributed by atoms with Crippen LogP contribution in [0.4, 0.5) is 16.2 Å². The molecule has 25 heavy (non-hydrogen) atoms. The molecule has 0 radical (unpaired) electrons. The monoisotopic (exact) mass is 355 g/mol. The molecule has 1 atom stereocenters. The zero-order chi connectivity index (χ0) is 19.4. The fourth-order valence-corrected chi connectivity index (χ4v) is 1.07. The van der Waals surface area contributed by atoms with E-state index in [1.165, 1.54) is 30.6 Å². The van der Waals surface area contributed by atoms with Gasteiger partial charge in [-0.3, -0.25) is 20.2 Å². The van der Waals surface area contributed by atoms with E-state index in [4.69, 9.17) is 11.5 Å². The Hall–Kier alpha value is -3.98. The smallest absolute Gasteiger partial charge is 0.341 e. The van der Waals surface area contributed by atoms with Gasteiger partial charge in [-0.2, -0.15) is 10.2 Å². The SMILES string of the molecule is NC(=O)N=C(N)N.O=[N+]([O-])c1cccc([N+](=O)[O-])c1.[O-][NH+]1C=CN=N1. The number of nitro groups is 2. The minimum atomic E-state index is -0.875. The van der Waals surface area contributed by atoms with Gasteiger partial charge in [0.1, 0.15) is 12.4 Å². The number of benzene rings is 1. The molecule has 0 spiro atoms. The molecule has 0 fully saturated rings. The molecule has 15 nitrogen and oxygen atoms in total. The molecule has 0 saturated heterocycles. The molecule has 2 rings (SSSR count). The fourth-order valence-electron chi connectivity index (χ4n) is 1.07. The highest BCUT2D eigenvalue weighted by molar-refractivity contribution is 5.89. The minimum Gasteiger partial charge on any atom is -0.600 e. The summed E-state index contributed by atoms with van der Waals surface area (Å²) in [7, 11) is 0. The van der Waals surface area contributed by atoms with Crippen molar-refractivity contribution in [2.24, 2.45) is 32.5 Å². The largest absolute Gasteiger partial charge is 0.600 e. The molecule has 1 aliphatic rings. The van der Waals surface area contributed by atoms with Gasteiger partial charge in [0.05, 0.1) is 15.9 Å². The first-order valence-electron chi connectivity index (χ1n) is 6.02. The van der Waals surface area contributed by atoms with Gasteiger partial charge in [0.15, 0.2) is 5.96 Å². The van der Waals surface area contributed by atoms with Gasteiger partial charge in [-0.05, 0) is 6.07 Å². The minimum absolute atomic E-state index is 0.269. The number of nitrogens with one attached hydrogen (secondary N) is 1. The number of guanidine groups is 1. The lowest BCUT2D eigenvalue weighted by atomic mass is 10.3. The molecule has 1 aromatic carbocycles. The number of quaternary nitrogens is 1. The van der Waals surface area contributed by atoms with Crippen LogP contribution < -0.4 is 22.4 Å². The maximum Gasteiger partial charge on any atom is 0.341 e. The molecule has 7 N–H and O–H groups in total. The van der Waals surface area contributed by atoms with Crippen LogP contribution >= 0.6 is 0 Å². The molecular weight excluding hydrogens is 342 g/mol. The van der Waals surface area contributed by atoms with Crippen molar-refractivity contribution >= 4 is 23.4 Å². The maximum atomic E-state index is 10.2. The van der Waals surface area contributed by atoms with Crippen LogP contribution in [0, 0.1) is 25.4 Å². The summed E-state index contributed by atoms with van der Waals surface area (Å²) in [5, 5.41) is 36.3. The average molecular weight is 355 g/mol. The molecule has 1 aromatic rings. The van der Waals surface area contributed by atoms with Crippen molar-refractivity contribution in [3.63, 3.8) is 0 Å². The van der Waals surface area contributed by atoms with Crippen LogP contribution in [0.15, 0.2) is 52.0 Å². The Balaban J connectivity index is 0.000000377. The number of aliphatic imine (C=N–C) groups is 1. The van der Waals surface area contributed by atoms with E-state index in [-0.39, 0.29) is 22.5 Å². The number of nitro benzene ring substituents is 2. The molecule has 1 heterocycles. The summed E-state index contributed by atoms with van der Waals surface area (Å²) in [6.45, 7) is 0. The van der Waals surface area contributed by atoms with Crippen LogP contribution in [0.25, 0.3) is 0 Å². The first kappa shape index (κ1) is 21.0. The van der Waals surface area contributed by atoms with Gasteiger partial charge in [-0.25, -0.2) is 4.79 Å². The molecule has 0 aromatic heterocycles. The number of primary amides is 1. The van der Waals surface area contributed by atoms with E-state index < -0.39 is 15.9 Å². The number of carbonyl (C=O) groups is 1. The van der Waals surface area contributed by atoms with Crippen LogP contribution in [-0.2, 0) is 0 Å². The van der Waals surface area contributed by atoms with Gasteiger partial charge in [0.2, 0.25) is 0 Å². The van der Waals surface area contributed by atoms with Crippen molar-refractivity contribution in [1.29, 1.82) is 0 Å². The van der Waals surface area contributed by atoms with Gasteiger partial charge >= 0.3 is 6.03 Å². The van der Waals surface area contributed by atoms with Crippen LogP contribution in [0.2, 0.25) is 0 Å². The lowest BCUT2D eigenvalue weighted by Gasteiger charge is -1.98. The molecule has 15 heteroatoms. The normalized spacial score (nSPS) is 13.6.